The Balaban J connectivity index is 1.23. The molecule has 46 heavy (non-hydrogen) atoms. The number of ether oxygens (including phenoxy) is 1. The van der Waals surface area contributed by atoms with Crippen LogP contribution in [0.25, 0.3) is 11.1 Å². The molecule has 0 radical (unpaired) electrons. The second-order valence-corrected chi connectivity index (χ2v) is 11.8. The molecule has 0 atom stereocenters. The van der Waals surface area contributed by atoms with Crippen molar-refractivity contribution in [3.8, 4) is 17.1 Å². The molecule has 0 unspecified atom stereocenters. The third kappa shape index (κ3) is 8.35. The standard InChI is InChI=1S/C30H26F3N7O5S/c1-19-26(15-34-29(35-19)44-2)22-10-8-20(9-11-22)16-40-17-27(45-39-40)37-28(41)36-24-12-23(30(31,32)33)13-25(14-24)38-46(42,43)18-21-6-4-3-5-7-21/h3-15,17,38H,16,18H2,1-2H3,(H-,36,37,39,41)/p+1. The number of hydrogen-bond acceptors (Lipinski definition) is 8. The largest absolute Gasteiger partial charge is 0.467 e. The van der Waals surface area contributed by atoms with Gasteiger partial charge < -0.3 is 10.1 Å². The van der Waals surface area contributed by atoms with Gasteiger partial charge in [0.2, 0.25) is 21.8 Å². The Kier molecular flexibility index (Phi) is 9.18. The number of sulfonamides is 1. The zero-order valence-electron chi connectivity index (χ0n) is 24.4. The number of hydrogen-bond donors (Lipinski definition) is 3. The molecule has 5 rings (SSSR count). The molecule has 16 heteroatoms. The minimum Gasteiger partial charge on any atom is -0.467 e. The maximum absolute atomic E-state index is 13.6. The molecule has 2 aromatic heterocycles. The van der Waals surface area contributed by atoms with Crippen LogP contribution in [0.4, 0.5) is 35.2 Å². The van der Waals surface area contributed by atoms with Crippen LogP contribution in [0.5, 0.6) is 6.01 Å². The molecule has 238 valence electrons. The predicted octanol–water partition coefficient (Wildman–Crippen LogP) is 5.39. The van der Waals surface area contributed by atoms with Crippen molar-refractivity contribution in [2.45, 2.75) is 25.4 Å². The maximum atomic E-state index is 13.6. The first-order chi connectivity index (χ1) is 21.9. The molecule has 0 spiro atoms. The van der Waals surface area contributed by atoms with E-state index in [9.17, 15) is 26.4 Å². The molecule has 0 aliphatic rings. The SMILES string of the molecule is COc1ncc(-c2ccc(C[n+]3cc(NC(=O)Nc4cc(NS(=O)(=O)Cc5ccccc5)cc(C(F)(F)F)c4)on3)cc2)c(C)n1. The molecule has 0 saturated carbocycles. The number of alkyl halides is 3. The summed E-state index contributed by atoms with van der Waals surface area (Å²) in [5.74, 6) is -0.545. The highest BCUT2D eigenvalue weighted by Crippen LogP contribution is 2.34. The lowest BCUT2D eigenvalue weighted by atomic mass is 10.0. The van der Waals surface area contributed by atoms with Gasteiger partial charge in [0.25, 0.3) is 6.20 Å². The highest BCUT2D eigenvalue weighted by atomic mass is 32.2. The normalized spacial score (nSPS) is 11.6. The van der Waals surface area contributed by atoms with Gasteiger partial charge in [-0.25, -0.2) is 18.2 Å². The van der Waals surface area contributed by atoms with Crippen LogP contribution in [-0.2, 0) is 28.5 Å². The molecule has 2 heterocycles. The number of rotatable bonds is 10. The van der Waals surface area contributed by atoms with Crippen LogP contribution in [0.15, 0.2) is 89.7 Å². The van der Waals surface area contributed by atoms with Crippen molar-refractivity contribution in [3.63, 3.8) is 0 Å². The van der Waals surface area contributed by atoms with Crippen LogP contribution in [0, 0.1) is 6.92 Å². The lowest BCUT2D eigenvalue weighted by Gasteiger charge is -2.14. The molecule has 0 bridgehead atoms. The summed E-state index contributed by atoms with van der Waals surface area (Å²) in [7, 11) is -2.58. The van der Waals surface area contributed by atoms with Gasteiger partial charge >= 0.3 is 24.1 Å². The summed E-state index contributed by atoms with van der Waals surface area (Å²) in [6.45, 7) is 2.13. The Morgan fingerprint density at radius 3 is 2.37 bits per heavy atom. The fourth-order valence-corrected chi connectivity index (χ4v) is 5.60. The Bertz CT molecular complexity index is 1950. The summed E-state index contributed by atoms with van der Waals surface area (Å²) >= 11 is 0. The molecule has 0 aliphatic heterocycles. The number of carbonyl (C=O) groups excluding carboxylic acids is 1. The predicted molar refractivity (Wildman–Crippen MR) is 161 cm³/mol. The van der Waals surface area contributed by atoms with Gasteiger partial charge in [0, 0.05) is 23.0 Å². The average Bonchev–Trinajstić information content (AvgIpc) is 3.43. The van der Waals surface area contributed by atoms with Crippen molar-refractivity contribution in [3.05, 3.63) is 108 Å². The van der Waals surface area contributed by atoms with Gasteiger partial charge in [0.05, 0.1) is 29.8 Å². The van der Waals surface area contributed by atoms with E-state index in [0.29, 0.717) is 17.7 Å². The van der Waals surface area contributed by atoms with Gasteiger partial charge in [0.15, 0.2) is 0 Å². The van der Waals surface area contributed by atoms with Gasteiger partial charge in [-0.15, -0.1) is 0 Å². The van der Waals surface area contributed by atoms with Crippen molar-refractivity contribution >= 4 is 33.3 Å². The second kappa shape index (κ2) is 13.2. The minimum atomic E-state index is -4.82. The van der Waals surface area contributed by atoms with E-state index in [1.54, 1.807) is 36.5 Å². The molecule has 2 amide bonds. The monoisotopic (exact) mass is 654 g/mol. The topological polar surface area (TPSA) is 152 Å². The number of amides is 2. The molecule has 3 aromatic carbocycles. The van der Waals surface area contributed by atoms with E-state index >= 15 is 0 Å². The minimum absolute atomic E-state index is 0.0871. The smallest absolute Gasteiger partial charge is 0.416 e. The first-order valence-corrected chi connectivity index (χ1v) is 15.2. The van der Waals surface area contributed by atoms with Crippen LogP contribution in [0.1, 0.15) is 22.4 Å². The number of methoxy groups -OCH3 is 1. The Hall–Kier alpha value is -5.51. The quantitative estimate of drug-likeness (QED) is 0.170. The van der Waals surface area contributed by atoms with E-state index in [2.05, 4.69) is 30.6 Å². The number of benzene rings is 3. The van der Waals surface area contributed by atoms with E-state index < -0.39 is 33.5 Å². The third-order valence-electron chi connectivity index (χ3n) is 6.49. The maximum Gasteiger partial charge on any atom is 0.416 e. The van der Waals surface area contributed by atoms with Crippen LogP contribution < -0.4 is 24.8 Å². The molecule has 0 saturated heterocycles. The molecule has 0 aliphatic carbocycles. The van der Waals surface area contributed by atoms with Crippen molar-refractivity contribution in [1.29, 1.82) is 0 Å². The first-order valence-electron chi connectivity index (χ1n) is 13.5. The summed E-state index contributed by atoms with van der Waals surface area (Å²) in [5.41, 5.74) is 1.95. The first kappa shape index (κ1) is 31.9. The Morgan fingerprint density at radius 1 is 0.978 bits per heavy atom. The molecular weight excluding hydrogens is 627 g/mol. The summed E-state index contributed by atoms with van der Waals surface area (Å²) in [5, 5.41) is 8.49. The van der Waals surface area contributed by atoms with E-state index in [0.717, 1.165) is 28.5 Å². The number of halogens is 3. The number of carbonyl (C=O) groups is 1. The van der Waals surface area contributed by atoms with E-state index in [1.165, 1.54) is 18.0 Å². The Labute approximate surface area is 261 Å². The molecule has 3 N–H and O–H groups in total. The van der Waals surface area contributed by atoms with Gasteiger partial charge in [-0.05, 0) is 40.9 Å². The van der Waals surface area contributed by atoms with Crippen LogP contribution in [0.2, 0.25) is 0 Å². The zero-order chi connectivity index (χ0) is 32.9. The number of nitrogens with one attached hydrogen (secondary N) is 3. The van der Waals surface area contributed by atoms with E-state index in [1.807, 2.05) is 31.2 Å². The highest BCUT2D eigenvalue weighted by molar-refractivity contribution is 7.91. The number of anilines is 3. The molecular formula is C30H27F3N7O5S+. The van der Waals surface area contributed by atoms with Crippen LogP contribution >= 0.6 is 0 Å². The van der Waals surface area contributed by atoms with Crippen LogP contribution in [0.3, 0.4) is 0 Å². The summed E-state index contributed by atoms with van der Waals surface area (Å²) in [6, 6.07) is 17.4. The Morgan fingerprint density at radius 2 is 1.70 bits per heavy atom. The van der Waals surface area contributed by atoms with E-state index in [-0.39, 0.29) is 29.8 Å². The molecule has 5 aromatic rings. The van der Waals surface area contributed by atoms with Crippen molar-refractivity contribution in [2.75, 3.05) is 22.5 Å². The number of aryl methyl sites for hydroxylation is 1. The van der Waals surface area contributed by atoms with E-state index in [4.69, 9.17) is 9.26 Å². The van der Waals surface area contributed by atoms with Crippen molar-refractivity contribution < 1.29 is 40.3 Å². The second-order valence-electron chi connectivity index (χ2n) is 10.0. The van der Waals surface area contributed by atoms with Gasteiger partial charge in [0.1, 0.15) is 0 Å². The summed E-state index contributed by atoms with van der Waals surface area (Å²) in [6.07, 6.45) is -1.75. The third-order valence-corrected chi connectivity index (χ3v) is 7.75. The average molecular weight is 655 g/mol. The van der Waals surface area contributed by atoms with Crippen molar-refractivity contribution in [1.82, 2.24) is 15.2 Å². The highest BCUT2D eigenvalue weighted by Gasteiger charge is 2.32. The van der Waals surface area contributed by atoms with Gasteiger partial charge in [-0.3, -0.25) is 14.6 Å². The zero-order valence-corrected chi connectivity index (χ0v) is 25.2. The lowest BCUT2D eigenvalue weighted by Crippen LogP contribution is -2.35. The number of nitrogens with zero attached hydrogens (tertiary/aromatic N) is 4. The van der Waals surface area contributed by atoms with Gasteiger partial charge in [-0.1, -0.05) is 54.6 Å². The van der Waals surface area contributed by atoms with Gasteiger partial charge in [-0.2, -0.15) is 18.2 Å². The summed E-state index contributed by atoms with van der Waals surface area (Å²) < 4.78 is 79.8. The number of aromatic nitrogens is 4. The summed E-state index contributed by atoms with van der Waals surface area (Å²) in [4.78, 5) is 21.1. The van der Waals surface area contributed by atoms with Crippen LogP contribution in [-0.4, -0.2) is 36.8 Å². The number of urea groups is 1. The lowest BCUT2D eigenvalue weighted by molar-refractivity contribution is -0.754. The molecule has 0 fully saturated rings. The fourth-order valence-electron chi connectivity index (χ4n) is 4.42. The van der Waals surface area contributed by atoms with Crippen molar-refractivity contribution in [2.24, 2.45) is 0 Å². The molecule has 12 nitrogen and oxygen atoms in total. The fraction of sp³-hybridized carbons (Fsp3) is 0.167.